The van der Waals surface area contributed by atoms with Crippen LogP contribution in [0.2, 0.25) is 0 Å². The van der Waals surface area contributed by atoms with E-state index in [0.717, 1.165) is 0 Å². The van der Waals surface area contributed by atoms with E-state index in [0.29, 0.717) is 0 Å². The maximum Gasteiger partial charge on any atom is 0.0528 e. The van der Waals surface area contributed by atoms with Crippen molar-refractivity contribution in [2.45, 2.75) is 12.8 Å². The van der Waals surface area contributed by atoms with Crippen molar-refractivity contribution >= 4 is 0 Å². The second-order valence-corrected chi connectivity index (χ2v) is 3.84. The number of hydrogen-bond donors (Lipinski definition) is 0. The zero-order valence-corrected chi connectivity index (χ0v) is 7.53. The fourth-order valence-electron chi connectivity index (χ4n) is 2.52. The summed E-state index contributed by atoms with van der Waals surface area (Å²) in [5.74, 6) is 0. The monoisotopic (exact) mass is 168 g/mol. The summed E-state index contributed by atoms with van der Waals surface area (Å²) in [4.78, 5) is 0. The molecule has 0 aliphatic heterocycles. The quantitative estimate of drug-likeness (QED) is 0.520. The van der Waals surface area contributed by atoms with E-state index < -0.39 is 0 Å². The van der Waals surface area contributed by atoms with Crippen molar-refractivity contribution in [2.24, 2.45) is 5.41 Å². The third-order valence-corrected chi connectivity index (χ3v) is 3.19. The molecule has 0 heteroatoms. The van der Waals surface area contributed by atoms with Crippen molar-refractivity contribution in [3.8, 4) is 0 Å². The van der Waals surface area contributed by atoms with Crippen molar-refractivity contribution in [3.63, 3.8) is 0 Å². The van der Waals surface area contributed by atoms with Crippen LogP contribution in [0, 0.1) is 5.41 Å². The van der Waals surface area contributed by atoms with E-state index in [4.69, 9.17) is 0 Å². The van der Waals surface area contributed by atoms with Gasteiger partial charge in [0.25, 0.3) is 0 Å². The lowest BCUT2D eigenvalue weighted by Gasteiger charge is -2.34. The Kier molecular flexibility index (Phi) is 1.29. The average molecular weight is 168 g/mol. The molecule has 0 N–H and O–H groups in total. The van der Waals surface area contributed by atoms with Crippen LogP contribution in [0.15, 0.2) is 59.8 Å². The molecular weight excluding hydrogens is 156 g/mol. The Bertz CT molecular complexity index is 388. The topological polar surface area (TPSA) is 0 Å². The molecule has 1 atom stereocenters. The number of rotatable bonds is 0. The average Bonchev–Trinajstić information content (AvgIpc) is 2.58. The third kappa shape index (κ3) is 0.806. The Morgan fingerprint density at radius 2 is 2.00 bits per heavy atom. The van der Waals surface area contributed by atoms with Crippen LogP contribution in [-0.4, -0.2) is 0 Å². The van der Waals surface area contributed by atoms with Gasteiger partial charge in [-0.2, -0.15) is 0 Å². The molecule has 13 heavy (non-hydrogen) atoms. The molecule has 0 bridgehead atoms. The van der Waals surface area contributed by atoms with E-state index in [2.05, 4.69) is 48.6 Å². The Morgan fingerprint density at radius 1 is 1.08 bits per heavy atom. The summed E-state index contributed by atoms with van der Waals surface area (Å²) >= 11 is 0. The van der Waals surface area contributed by atoms with Gasteiger partial charge in [0.2, 0.25) is 0 Å². The van der Waals surface area contributed by atoms with Crippen molar-refractivity contribution in [2.75, 3.05) is 0 Å². The molecule has 0 amide bonds. The lowest BCUT2D eigenvalue weighted by Crippen LogP contribution is -2.22. The molecule has 1 unspecified atom stereocenters. The summed E-state index contributed by atoms with van der Waals surface area (Å²) in [6.07, 6.45) is 20.4. The van der Waals surface area contributed by atoms with E-state index in [1.165, 1.54) is 18.4 Å². The van der Waals surface area contributed by atoms with Gasteiger partial charge in [-0.1, -0.05) is 54.2 Å². The number of allylic oxidation sites excluding steroid dienone is 10. The molecule has 0 nitrogen and oxygen atoms in total. The second-order valence-electron chi connectivity index (χ2n) is 3.84. The highest BCUT2D eigenvalue weighted by Gasteiger charge is 2.36. The molecule has 3 rings (SSSR count). The summed E-state index contributed by atoms with van der Waals surface area (Å²) in [7, 11) is 0. The van der Waals surface area contributed by atoms with Gasteiger partial charge in [0.15, 0.2) is 0 Å². The summed E-state index contributed by atoms with van der Waals surface area (Å²) in [6, 6.07) is 0. The van der Waals surface area contributed by atoms with Gasteiger partial charge in [-0.15, -0.1) is 0 Å². The van der Waals surface area contributed by atoms with Crippen LogP contribution in [0.25, 0.3) is 0 Å². The first kappa shape index (κ1) is 7.14. The van der Waals surface area contributed by atoms with Crippen molar-refractivity contribution in [1.29, 1.82) is 0 Å². The van der Waals surface area contributed by atoms with Crippen molar-refractivity contribution in [1.82, 2.24) is 0 Å². The van der Waals surface area contributed by atoms with Gasteiger partial charge in [-0.05, 0) is 18.4 Å². The second kappa shape index (κ2) is 2.35. The SMILES string of the molecule is C1=CC2=CCCC3=CC=CC23C=C1. The Labute approximate surface area is 78.7 Å². The maximum absolute atomic E-state index is 2.37. The van der Waals surface area contributed by atoms with E-state index in [1.54, 1.807) is 5.57 Å². The standard InChI is InChI=1S/C13H12/c1-2-9-13-10-4-8-12(13)7-3-6-11(13)5-1/h1-2,4-6,8-10H,3,7H2. The van der Waals surface area contributed by atoms with Crippen LogP contribution in [0.5, 0.6) is 0 Å². The highest BCUT2D eigenvalue weighted by Crippen LogP contribution is 2.49. The van der Waals surface area contributed by atoms with Crippen molar-refractivity contribution in [3.05, 3.63) is 59.8 Å². The van der Waals surface area contributed by atoms with Crippen LogP contribution in [0.4, 0.5) is 0 Å². The summed E-state index contributed by atoms with van der Waals surface area (Å²) in [5, 5.41) is 0. The van der Waals surface area contributed by atoms with Gasteiger partial charge >= 0.3 is 0 Å². The first-order valence-electron chi connectivity index (χ1n) is 4.87. The molecule has 3 aliphatic rings. The first-order valence-corrected chi connectivity index (χ1v) is 4.87. The van der Waals surface area contributed by atoms with Gasteiger partial charge in [0.1, 0.15) is 0 Å². The highest BCUT2D eigenvalue weighted by atomic mass is 14.4. The van der Waals surface area contributed by atoms with E-state index >= 15 is 0 Å². The minimum absolute atomic E-state index is 0.160. The van der Waals surface area contributed by atoms with E-state index in [-0.39, 0.29) is 5.41 Å². The predicted octanol–water partition coefficient (Wildman–Crippen LogP) is 3.32. The molecule has 64 valence electrons. The normalized spacial score (nSPS) is 33.8. The molecule has 0 aromatic heterocycles. The molecule has 0 fully saturated rings. The maximum atomic E-state index is 2.37. The third-order valence-electron chi connectivity index (χ3n) is 3.19. The van der Waals surface area contributed by atoms with E-state index in [1.807, 2.05) is 0 Å². The predicted molar refractivity (Wildman–Crippen MR) is 55.3 cm³/mol. The lowest BCUT2D eigenvalue weighted by atomic mass is 9.69. The van der Waals surface area contributed by atoms with Gasteiger partial charge in [0.05, 0.1) is 5.41 Å². The Morgan fingerprint density at radius 3 is 3.00 bits per heavy atom. The van der Waals surface area contributed by atoms with Crippen LogP contribution in [0.3, 0.4) is 0 Å². The first-order chi connectivity index (χ1) is 6.42. The molecule has 0 aromatic rings. The minimum atomic E-state index is 0.160. The lowest BCUT2D eigenvalue weighted by molar-refractivity contribution is 0.646. The molecule has 0 saturated carbocycles. The summed E-state index contributed by atoms with van der Waals surface area (Å²) in [5.41, 5.74) is 3.18. The molecule has 1 spiro atoms. The van der Waals surface area contributed by atoms with E-state index in [9.17, 15) is 0 Å². The minimum Gasteiger partial charge on any atom is -0.0795 e. The van der Waals surface area contributed by atoms with Crippen LogP contribution >= 0.6 is 0 Å². The summed E-state index contributed by atoms with van der Waals surface area (Å²) < 4.78 is 0. The molecule has 0 aromatic carbocycles. The highest BCUT2D eigenvalue weighted by molar-refractivity contribution is 5.56. The van der Waals surface area contributed by atoms with Gasteiger partial charge in [-0.3, -0.25) is 0 Å². The Balaban J connectivity index is 2.23. The molecular formula is C13H12. The zero-order chi connectivity index (χ0) is 8.73. The zero-order valence-electron chi connectivity index (χ0n) is 7.53. The van der Waals surface area contributed by atoms with Crippen LogP contribution in [-0.2, 0) is 0 Å². The summed E-state index contributed by atoms with van der Waals surface area (Å²) in [6.45, 7) is 0. The fraction of sp³-hybridized carbons (Fsp3) is 0.231. The van der Waals surface area contributed by atoms with Gasteiger partial charge in [-0.25, -0.2) is 0 Å². The smallest absolute Gasteiger partial charge is 0.0528 e. The Hall–Kier alpha value is -1.30. The molecule has 0 radical (unpaired) electrons. The molecule has 3 aliphatic carbocycles. The van der Waals surface area contributed by atoms with Crippen molar-refractivity contribution < 1.29 is 0 Å². The van der Waals surface area contributed by atoms with Gasteiger partial charge < -0.3 is 0 Å². The fourth-order valence-corrected chi connectivity index (χ4v) is 2.52. The molecule has 0 heterocycles. The largest absolute Gasteiger partial charge is 0.0795 e. The van der Waals surface area contributed by atoms with Crippen LogP contribution in [0.1, 0.15) is 12.8 Å². The van der Waals surface area contributed by atoms with Gasteiger partial charge in [0, 0.05) is 0 Å². The number of hydrogen-bond acceptors (Lipinski definition) is 0. The van der Waals surface area contributed by atoms with Crippen LogP contribution < -0.4 is 0 Å². The molecule has 0 saturated heterocycles.